The lowest BCUT2D eigenvalue weighted by Gasteiger charge is -2.23. The molecule has 18 heavy (non-hydrogen) atoms. The molecule has 0 saturated carbocycles. The zero-order valence-corrected chi connectivity index (χ0v) is 10.8. The van der Waals surface area contributed by atoms with E-state index in [1.807, 2.05) is 18.2 Å². The number of likely N-dealkylation sites (N-methyl/N-ethyl adjacent to an activating group) is 1. The van der Waals surface area contributed by atoms with E-state index >= 15 is 0 Å². The third-order valence-corrected chi connectivity index (χ3v) is 3.24. The standard InChI is InChI=1S/C15H20N2O/c1-17-9-5-8-14(12-17)11-15(16-18)10-13-6-3-2-4-7-13/h2-4,6-8,18H,5,9-12H2,1H3. The molecule has 0 amide bonds. The van der Waals surface area contributed by atoms with Gasteiger partial charge in [-0.2, -0.15) is 0 Å². The van der Waals surface area contributed by atoms with Crippen molar-refractivity contribution in [1.82, 2.24) is 4.90 Å². The Kier molecular flexibility index (Phi) is 4.53. The number of benzene rings is 1. The summed E-state index contributed by atoms with van der Waals surface area (Å²) < 4.78 is 0. The maximum Gasteiger partial charge on any atom is 0.0655 e. The van der Waals surface area contributed by atoms with Crippen LogP contribution >= 0.6 is 0 Å². The topological polar surface area (TPSA) is 35.8 Å². The monoisotopic (exact) mass is 244 g/mol. The van der Waals surface area contributed by atoms with Crippen molar-refractivity contribution in [2.45, 2.75) is 19.3 Å². The summed E-state index contributed by atoms with van der Waals surface area (Å²) in [4.78, 5) is 2.30. The molecule has 0 unspecified atom stereocenters. The highest BCUT2D eigenvalue weighted by atomic mass is 16.4. The highest BCUT2D eigenvalue weighted by Crippen LogP contribution is 2.14. The molecule has 1 heterocycles. The van der Waals surface area contributed by atoms with Crippen LogP contribution in [0.1, 0.15) is 18.4 Å². The van der Waals surface area contributed by atoms with Gasteiger partial charge in [-0.25, -0.2) is 0 Å². The first-order valence-electron chi connectivity index (χ1n) is 6.38. The van der Waals surface area contributed by atoms with Crippen molar-refractivity contribution in [3.05, 3.63) is 47.5 Å². The van der Waals surface area contributed by atoms with Gasteiger partial charge in [0.2, 0.25) is 0 Å². The van der Waals surface area contributed by atoms with Gasteiger partial charge in [-0.05, 0) is 19.0 Å². The average molecular weight is 244 g/mol. The smallest absolute Gasteiger partial charge is 0.0655 e. The molecule has 0 saturated heterocycles. The fourth-order valence-electron chi connectivity index (χ4n) is 2.33. The molecular weight excluding hydrogens is 224 g/mol. The lowest BCUT2D eigenvalue weighted by molar-refractivity contribution is 0.316. The number of oxime groups is 1. The molecule has 1 aromatic rings. The lowest BCUT2D eigenvalue weighted by atomic mass is 9.99. The SMILES string of the molecule is CN1CCC=C(CC(Cc2ccccc2)=NO)C1. The van der Waals surface area contributed by atoms with Crippen molar-refractivity contribution in [2.75, 3.05) is 20.1 Å². The summed E-state index contributed by atoms with van der Waals surface area (Å²) in [6.07, 6.45) is 4.86. The molecule has 3 nitrogen and oxygen atoms in total. The summed E-state index contributed by atoms with van der Waals surface area (Å²) in [5.41, 5.74) is 3.38. The predicted molar refractivity (Wildman–Crippen MR) is 74.2 cm³/mol. The van der Waals surface area contributed by atoms with E-state index in [1.165, 1.54) is 11.1 Å². The van der Waals surface area contributed by atoms with Crippen LogP contribution in [0.15, 0.2) is 47.1 Å². The minimum atomic E-state index is 0.721. The Hall–Kier alpha value is -1.61. The van der Waals surface area contributed by atoms with Crippen LogP contribution in [0.25, 0.3) is 0 Å². The second-order valence-electron chi connectivity index (χ2n) is 4.89. The first kappa shape index (κ1) is 12.8. The third kappa shape index (κ3) is 3.70. The fraction of sp³-hybridized carbons (Fsp3) is 0.400. The molecule has 96 valence electrons. The summed E-state index contributed by atoms with van der Waals surface area (Å²) in [7, 11) is 2.12. The van der Waals surface area contributed by atoms with Crippen LogP contribution in [0.2, 0.25) is 0 Å². The van der Waals surface area contributed by atoms with Gasteiger partial charge in [0, 0.05) is 25.9 Å². The first-order valence-corrected chi connectivity index (χ1v) is 6.38. The van der Waals surface area contributed by atoms with Gasteiger partial charge in [0.25, 0.3) is 0 Å². The summed E-state index contributed by atoms with van der Waals surface area (Å²) >= 11 is 0. The van der Waals surface area contributed by atoms with E-state index in [0.717, 1.165) is 38.1 Å². The van der Waals surface area contributed by atoms with Crippen LogP contribution in [-0.2, 0) is 6.42 Å². The predicted octanol–water partition coefficient (Wildman–Crippen LogP) is 2.71. The molecule has 0 bridgehead atoms. The van der Waals surface area contributed by atoms with Crippen LogP contribution in [0, 0.1) is 0 Å². The van der Waals surface area contributed by atoms with Gasteiger partial charge in [0.1, 0.15) is 0 Å². The fourth-order valence-corrected chi connectivity index (χ4v) is 2.33. The molecule has 2 rings (SSSR count). The maximum atomic E-state index is 9.13. The van der Waals surface area contributed by atoms with Gasteiger partial charge in [0.05, 0.1) is 5.71 Å². The summed E-state index contributed by atoms with van der Waals surface area (Å²) in [5.74, 6) is 0. The van der Waals surface area contributed by atoms with Gasteiger partial charge in [-0.1, -0.05) is 47.1 Å². The molecule has 0 radical (unpaired) electrons. The highest BCUT2D eigenvalue weighted by Gasteiger charge is 2.11. The molecule has 0 spiro atoms. The second kappa shape index (κ2) is 6.36. The quantitative estimate of drug-likeness (QED) is 0.382. The van der Waals surface area contributed by atoms with Gasteiger partial charge < -0.3 is 10.1 Å². The van der Waals surface area contributed by atoms with E-state index < -0.39 is 0 Å². The Morgan fingerprint density at radius 3 is 2.72 bits per heavy atom. The average Bonchev–Trinajstić information content (AvgIpc) is 2.39. The van der Waals surface area contributed by atoms with E-state index in [2.05, 4.69) is 35.3 Å². The van der Waals surface area contributed by atoms with Crippen molar-refractivity contribution >= 4 is 5.71 Å². The Balaban J connectivity index is 1.96. The summed E-state index contributed by atoms with van der Waals surface area (Å²) in [6, 6.07) is 10.1. The minimum Gasteiger partial charge on any atom is -0.411 e. The number of rotatable bonds is 4. The molecule has 0 aromatic heterocycles. The normalized spacial score (nSPS) is 17.6. The Labute approximate surface area is 108 Å². The van der Waals surface area contributed by atoms with Crippen LogP contribution < -0.4 is 0 Å². The van der Waals surface area contributed by atoms with Gasteiger partial charge in [-0.15, -0.1) is 0 Å². The van der Waals surface area contributed by atoms with Gasteiger partial charge in [0.15, 0.2) is 0 Å². The lowest BCUT2D eigenvalue weighted by Crippen LogP contribution is -2.26. The third-order valence-electron chi connectivity index (χ3n) is 3.24. The van der Waals surface area contributed by atoms with Crippen LogP contribution in [-0.4, -0.2) is 36.0 Å². The number of hydrogen-bond donors (Lipinski definition) is 1. The first-order chi connectivity index (χ1) is 8.78. The minimum absolute atomic E-state index is 0.721. The van der Waals surface area contributed by atoms with Crippen molar-refractivity contribution in [3.63, 3.8) is 0 Å². The molecule has 0 fully saturated rings. The van der Waals surface area contributed by atoms with Crippen molar-refractivity contribution in [2.24, 2.45) is 5.16 Å². The summed E-state index contributed by atoms with van der Waals surface area (Å²) in [6.45, 7) is 2.10. The van der Waals surface area contributed by atoms with Gasteiger partial charge >= 0.3 is 0 Å². The molecule has 0 aliphatic carbocycles. The zero-order chi connectivity index (χ0) is 12.8. The van der Waals surface area contributed by atoms with Crippen molar-refractivity contribution < 1.29 is 5.21 Å². The van der Waals surface area contributed by atoms with Crippen LogP contribution in [0.3, 0.4) is 0 Å². The Morgan fingerprint density at radius 2 is 2.06 bits per heavy atom. The molecular formula is C15H20N2O. The second-order valence-corrected chi connectivity index (χ2v) is 4.89. The van der Waals surface area contributed by atoms with Crippen LogP contribution in [0.4, 0.5) is 0 Å². The molecule has 0 atom stereocenters. The van der Waals surface area contributed by atoms with E-state index in [9.17, 15) is 0 Å². The van der Waals surface area contributed by atoms with E-state index in [0.29, 0.717) is 0 Å². The maximum absolute atomic E-state index is 9.13. The van der Waals surface area contributed by atoms with Crippen molar-refractivity contribution in [3.8, 4) is 0 Å². The van der Waals surface area contributed by atoms with E-state index in [-0.39, 0.29) is 0 Å². The van der Waals surface area contributed by atoms with Crippen LogP contribution in [0.5, 0.6) is 0 Å². The highest BCUT2D eigenvalue weighted by molar-refractivity contribution is 5.88. The Bertz CT molecular complexity index is 437. The molecule has 1 aliphatic heterocycles. The Morgan fingerprint density at radius 1 is 1.28 bits per heavy atom. The number of hydrogen-bond acceptors (Lipinski definition) is 3. The molecule has 3 heteroatoms. The number of nitrogens with zero attached hydrogens (tertiary/aromatic N) is 2. The van der Waals surface area contributed by atoms with Crippen molar-refractivity contribution in [1.29, 1.82) is 0 Å². The molecule has 1 N–H and O–H groups in total. The molecule has 1 aromatic carbocycles. The van der Waals surface area contributed by atoms with Gasteiger partial charge in [-0.3, -0.25) is 0 Å². The largest absolute Gasteiger partial charge is 0.411 e. The van der Waals surface area contributed by atoms with E-state index in [4.69, 9.17) is 5.21 Å². The summed E-state index contributed by atoms with van der Waals surface area (Å²) in [5, 5.41) is 12.6. The molecule has 1 aliphatic rings. The zero-order valence-electron chi connectivity index (χ0n) is 10.8. The van der Waals surface area contributed by atoms with E-state index in [1.54, 1.807) is 0 Å².